The molecule has 1 fully saturated rings. The van der Waals surface area contributed by atoms with Crippen LogP contribution in [0.1, 0.15) is 42.1 Å². The highest BCUT2D eigenvalue weighted by atomic mass is 16.1. The lowest BCUT2D eigenvalue weighted by Gasteiger charge is -2.38. The smallest absolute Gasteiger partial charge is 0.251 e. The molecule has 1 aromatic rings. The Labute approximate surface area is 101 Å². The Morgan fingerprint density at radius 2 is 2.06 bits per heavy atom. The lowest BCUT2D eigenvalue weighted by atomic mass is 9.70. The zero-order chi connectivity index (χ0) is 12.3. The van der Waals surface area contributed by atoms with Crippen molar-refractivity contribution in [1.82, 2.24) is 5.32 Å². The summed E-state index contributed by atoms with van der Waals surface area (Å²) in [7, 11) is 0. The van der Waals surface area contributed by atoms with Gasteiger partial charge in [-0.25, -0.2) is 0 Å². The normalized spacial score (nSPS) is 16.7. The van der Waals surface area contributed by atoms with Crippen LogP contribution in [0.25, 0.3) is 0 Å². The van der Waals surface area contributed by atoms with Gasteiger partial charge in [-0.05, 0) is 42.5 Å². The number of hydrogen-bond acceptors (Lipinski definition) is 2. The van der Waals surface area contributed by atoms with Gasteiger partial charge >= 0.3 is 0 Å². The molecule has 0 aliphatic heterocycles. The average Bonchev–Trinajstić information content (AvgIpc) is 2.33. The zero-order valence-electron chi connectivity index (χ0n) is 9.99. The number of rotatable bonds is 3. The Kier molecular flexibility index (Phi) is 3.14. The minimum Gasteiger partial charge on any atom is -0.351 e. The van der Waals surface area contributed by atoms with E-state index >= 15 is 0 Å². The van der Waals surface area contributed by atoms with Gasteiger partial charge in [0.05, 0.1) is 11.6 Å². The number of benzene rings is 1. The summed E-state index contributed by atoms with van der Waals surface area (Å²) in [5.41, 5.74) is 1.49. The molecule has 2 rings (SSSR count). The first-order valence-corrected chi connectivity index (χ1v) is 5.91. The lowest BCUT2D eigenvalue weighted by Crippen LogP contribution is -2.39. The molecule has 3 nitrogen and oxygen atoms in total. The van der Waals surface area contributed by atoms with Crippen LogP contribution in [0.4, 0.5) is 0 Å². The van der Waals surface area contributed by atoms with Crippen molar-refractivity contribution in [2.24, 2.45) is 5.41 Å². The van der Waals surface area contributed by atoms with Crippen LogP contribution in [0.2, 0.25) is 0 Å². The van der Waals surface area contributed by atoms with Crippen LogP contribution in [-0.2, 0) is 0 Å². The summed E-state index contributed by atoms with van der Waals surface area (Å²) in [4.78, 5) is 11.8. The second-order valence-electron chi connectivity index (χ2n) is 5.04. The Morgan fingerprint density at radius 1 is 1.41 bits per heavy atom. The zero-order valence-corrected chi connectivity index (χ0v) is 9.99. The Balaban J connectivity index is 1.93. The number of amides is 1. The van der Waals surface area contributed by atoms with E-state index in [9.17, 15) is 4.79 Å². The number of nitrogens with one attached hydrogen (secondary N) is 1. The minimum atomic E-state index is -0.0531. The van der Waals surface area contributed by atoms with Gasteiger partial charge in [0.25, 0.3) is 5.91 Å². The fraction of sp³-hybridized carbons (Fsp3) is 0.429. The van der Waals surface area contributed by atoms with Crippen molar-refractivity contribution >= 4 is 5.91 Å². The highest BCUT2D eigenvalue weighted by Crippen LogP contribution is 2.39. The van der Waals surface area contributed by atoms with E-state index < -0.39 is 0 Å². The van der Waals surface area contributed by atoms with Gasteiger partial charge in [-0.15, -0.1) is 0 Å². The van der Waals surface area contributed by atoms with E-state index in [-0.39, 0.29) is 5.91 Å². The fourth-order valence-electron chi connectivity index (χ4n) is 2.05. The Bertz CT molecular complexity index is 452. The maximum absolute atomic E-state index is 11.8. The van der Waals surface area contributed by atoms with Crippen molar-refractivity contribution in [3.8, 4) is 6.07 Å². The van der Waals surface area contributed by atoms with Crippen molar-refractivity contribution < 1.29 is 4.79 Å². The van der Waals surface area contributed by atoms with Crippen molar-refractivity contribution in [3.63, 3.8) is 0 Å². The van der Waals surface area contributed by atoms with Gasteiger partial charge in [0.2, 0.25) is 0 Å². The van der Waals surface area contributed by atoms with Gasteiger partial charge in [0.15, 0.2) is 0 Å². The first-order chi connectivity index (χ1) is 8.13. The molecule has 1 N–H and O–H groups in total. The maximum atomic E-state index is 11.8. The van der Waals surface area contributed by atoms with Crippen molar-refractivity contribution in [3.05, 3.63) is 35.4 Å². The van der Waals surface area contributed by atoms with E-state index in [0.717, 1.165) is 6.54 Å². The molecular weight excluding hydrogens is 212 g/mol. The van der Waals surface area contributed by atoms with Crippen molar-refractivity contribution in [1.29, 1.82) is 5.26 Å². The molecule has 0 saturated heterocycles. The largest absolute Gasteiger partial charge is 0.351 e. The molecule has 1 amide bonds. The molecule has 17 heavy (non-hydrogen) atoms. The van der Waals surface area contributed by atoms with Gasteiger partial charge in [0.1, 0.15) is 0 Å². The number of carbonyl (C=O) groups is 1. The summed E-state index contributed by atoms with van der Waals surface area (Å²) in [6, 6.07) is 8.75. The molecule has 88 valence electrons. The molecule has 1 aliphatic rings. The first-order valence-electron chi connectivity index (χ1n) is 5.91. The molecule has 0 heterocycles. The molecule has 1 aliphatic carbocycles. The molecule has 0 spiro atoms. The summed E-state index contributed by atoms with van der Waals surface area (Å²) in [6.07, 6.45) is 3.66. The quantitative estimate of drug-likeness (QED) is 0.864. The number of carbonyl (C=O) groups excluding carboxylic acids is 1. The van der Waals surface area contributed by atoms with E-state index in [4.69, 9.17) is 5.26 Å². The van der Waals surface area contributed by atoms with Crippen LogP contribution in [-0.4, -0.2) is 12.5 Å². The molecule has 0 unspecified atom stereocenters. The van der Waals surface area contributed by atoms with Crippen LogP contribution in [0, 0.1) is 16.7 Å². The predicted molar refractivity (Wildman–Crippen MR) is 65.4 cm³/mol. The molecule has 0 atom stereocenters. The maximum Gasteiger partial charge on any atom is 0.251 e. The van der Waals surface area contributed by atoms with E-state index in [1.54, 1.807) is 24.3 Å². The third-order valence-electron chi connectivity index (χ3n) is 3.51. The second kappa shape index (κ2) is 4.58. The van der Waals surface area contributed by atoms with E-state index in [2.05, 4.69) is 12.2 Å². The van der Waals surface area contributed by atoms with Gasteiger partial charge in [-0.2, -0.15) is 5.26 Å². The first kappa shape index (κ1) is 11.7. The van der Waals surface area contributed by atoms with Crippen molar-refractivity contribution in [2.75, 3.05) is 6.54 Å². The van der Waals surface area contributed by atoms with Gasteiger partial charge in [-0.1, -0.05) is 13.3 Å². The topological polar surface area (TPSA) is 52.9 Å². The molecular formula is C14H16N2O. The highest BCUT2D eigenvalue weighted by Gasteiger charge is 2.31. The third-order valence-corrected chi connectivity index (χ3v) is 3.51. The number of hydrogen-bond donors (Lipinski definition) is 1. The van der Waals surface area contributed by atoms with Crippen LogP contribution >= 0.6 is 0 Å². The number of nitriles is 1. The molecule has 0 aromatic heterocycles. The lowest BCUT2D eigenvalue weighted by molar-refractivity contribution is 0.0891. The van der Waals surface area contributed by atoms with E-state index in [1.165, 1.54) is 19.3 Å². The molecule has 0 radical (unpaired) electrons. The monoisotopic (exact) mass is 228 g/mol. The predicted octanol–water partition coefficient (Wildman–Crippen LogP) is 2.48. The summed E-state index contributed by atoms with van der Waals surface area (Å²) < 4.78 is 0. The van der Waals surface area contributed by atoms with Crippen LogP contribution in [0.15, 0.2) is 24.3 Å². The average molecular weight is 228 g/mol. The van der Waals surface area contributed by atoms with Crippen LogP contribution in [0.3, 0.4) is 0 Å². The van der Waals surface area contributed by atoms with Crippen LogP contribution < -0.4 is 5.32 Å². The third kappa shape index (κ3) is 2.65. The second-order valence-corrected chi connectivity index (χ2v) is 5.04. The van der Waals surface area contributed by atoms with Crippen LogP contribution in [0.5, 0.6) is 0 Å². The van der Waals surface area contributed by atoms with Crippen molar-refractivity contribution in [2.45, 2.75) is 26.2 Å². The summed E-state index contributed by atoms with van der Waals surface area (Å²) in [5.74, 6) is -0.0531. The molecule has 1 aromatic carbocycles. The fourth-order valence-corrected chi connectivity index (χ4v) is 2.05. The molecule has 3 heteroatoms. The van der Waals surface area contributed by atoms with Gasteiger partial charge in [-0.3, -0.25) is 4.79 Å². The number of nitrogens with zero attached hydrogens (tertiary/aromatic N) is 1. The summed E-state index contributed by atoms with van der Waals surface area (Å²) in [5, 5.41) is 11.6. The molecule has 1 saturated carbocycles. The minimum absolute atomic E-state index is 0.0531. The Morgan fingerprint density at radius 3 is 2.53 bits per heavy atom. The Hall–Kier alpha value is -1.82. The summed E-state index contributed by atoms with van der Waals surface area (Å²) >= 11 is 0. The summed E-state index contributed by atoms with van der Waals surface area (Å²) in [6.45, 7) is 2.95. The highest BCUT2D eigenvalue weighted by molar-refractivity contribution is 5.94. The molecule has 0 bridgehead atoms. The standard InChI is InChI=1S/C14H16N2O/c1-14(7-2-8-14)10-16-13(17)12-5-3-11(9-15)4-6-12/h3-6H,2,7-8,10H2,1H3,(H,16,17). The van der Waals surface area contributed by atoms with Gasteiger partial charge < -0.3 is 5.32 Å². The van der Waals surface area contributed by atoms with Gasteiger partial charge in [0, 0.05) is 12.1 Å². The van der Waals surface area contributed by atoms with E-state index in [0.29, 0.717) is 16.5 Å². The SMILES string of the molecule is CC1(CNC(=O)c2ccc(C#N)cc2)CCC1. The van der Waals surface area contributed by atoms with E-state index in [1.807, 2.05) is 6.07 Å².